The molecule has 29 heavy (non-hydrogen) atoms. The molecule has 2 aromatic carbocycles. The smallest absolute Gasteiger partial charge is 0.168 e. The molecule has 2 aliphatic rings. The highest BCUT2D eigenvalue weighted by molar-refractivity contribution is 8.14. The molecule has 1 N–H and O–H groups in total. The Bertz CT molecular complexity index is 1070. The summed E-state index contributed by atoms with van der Waals surface area (Å²) < 4.78 is 0. The van der Waals surface area contributed by atoms with Gasteiger partial charge in [0, 0.05) is 46.9 Å². The first-order chi connectivity index (χ1) is 14.0. The van der Waals surface area contributed by atoms with E-state index in [1.54, 1.807) is 17.8 Å². The first kappa shape index (κ1) is 19.6. The molecule has 0 amide bonds. The van der Waals surface area contributed by atoms with Crippen LogP contribution in [-0.4, -0.2) is 23.7 Å². The number of amidine groups is 1. The van der Waals surface area contributed by atoms with E-state index in [2.05, 4.69) is 35.5 Å². The number of para-hydroxylation sites is 1. The second-order valence-electron chi connectivity index (χ2n) is 6.77. The summed E-state index contributed by atoms with van der Waals surface area (Å²) in [5, 5.41) is 4.81. The minimum Gasteiger partial charge on any atom is -0.335 e. The van der Waals surface area contributed by atoms with Crippen molar-refractivity contribution in [3.8, 4) is 0 Å². The summed E-state index contributed by atoms with van der Waals surface area (Å²) in [6.07, 6.45) is 2.63. The van der Waals surface area contributed by atoms with Gasteiger partial charge >= 0.3 is 0 Å². The molecule has 0 saturated heterocycles. The molecule has 0 radical (unpaired) electrons. The molecule has 4 rings (SSSR count). The number of nitrogens with zero attached hydrogens (tertiary/aromatic N) is 3. The van der Waals surface area contributed by atoms with E-state index in [0.717, 1.165) is 51.5 Å². The summed E-state index contributed by atoms with van der Waals surface area (Å²) in [4.78, 5) is 11.6. The maximum Gasteiger partial charge on any atom is 0.168 e. The van der Waals surface area contributed by atoms with E-state index in [9.17, 15) is 0 Å². The number of aliphatic imine (C=N–C) groups is 2. The van der Waals surface area contributed by atoms with E-state index in [1.165, 1.54) is 5.56 Å². The van der Waals surface area contributed by atoms with E-state index in [1.807, 2.05) is 43.4 Å². The Morgan fingerprint density at radius 1 is 1.21 bits per heavy atom. The van der Waals surface area contributed by atoms with E-state index in [4.69, 9.17) is 21.6 Å². The first-order valence-electron chi connectivity index (χ1n) is 9.23. The van der Waals surface area contributed by atoms with Crippen LogP contribution in [0.4, 0.5) is 11.4 Å². The standard InChI is InChI=1S/C23H21ClN4S/c1-4-20-15(2)25-23(27-22(20)28(3)19-8-6-5-7-9-19)29-14-18-12-16-10-11-17(24)13-21(16)26-18/h4-11,13H,1-2,12,14H2,3H3,(H,25,27). The highest BCUT2D eigenvalue weighted by Gasteiger charge is 2.22. The third kappa shape index (κ3) is 4.16. The van der Waals surface area contributed by atoms with Gasteiger partial charge in [0.05, 0.1) is 5.69 Å². The zero-order chi connectivity index (χ0) is 20.4. The van der Waals surface area contributed by atoms with Crippen molar-refractivity contribution in [2.45, 2.75) is 6.42 Å². The maximum absolute atomic E-state index is 6.08. The fourth-order valence-corrected chi connectivity index (χ4v) is 4.27. The fourth-order valence-electron chi connectivity index (χ4n) is 3.28. The van der Waals surface area contributed by atoms with Gasteiger partial charge in [-0.15, -0.1) is 0 Å². The van der Waals surface area contributed by atoms with Crippen LogP contribution in [0.15, 0.2) is 94.8 Å². The van der Waals surface area contributed by atoms with Gasteiger partial charge in [-0.2, -0.15) is 0 Å². The molecule has 146 valence electrons. The summed E-state index contributed by atoms with van der Waals surface area (Å²) in [5.41, 5.74) is 6.02. The first-order valence-corrected chi connectivity index (χ1v) is 10.6. The number of thioether (sulfide) groups is 1. The van der Waals surface area contributed by atoms with Crippen molar-refractivity contribution in [2.75, 3.05) is 17.7 Å². The number of benzene rings is 2. The zero-order valence-corrected chi connectivity index (χ0v) is 17.7. The lowest BCUT2D eigenvalue weighted by atomic mass is 10.1. The van der Waals surface area contributed by atoms with Crippen molar-refractivity contribution in [1.82, 2.24) is 5.32 Å². The summed E-state index contributed by atoms with van der Waals surface area (Å²) in [5.74, 6) is 1.57. The summed E-state index contributed by atoms with van der Waals surface area (Å²) in [7, 11) is 2.00. The average molecular weight is 421 g/mol. The van der Waals surface area contributed by atoms with Crippen molar-refractivity contribution in [2.24, 2.45) is 9.98 Å². The molecule has 6 heteroatoms. The molecular formula is C23H21ClN4S. The highest BCUT2D eigenvalue weighted by Crippen LogP contribution is 2.31. The minimum absolute atomic E-state index is 0.715. The number of nitrogens with one attached hydrogen (secondary N) is 1. The van der Waals surface area contributed by atoms with E-state index >= 15 is 0 Å². The second-order valence-corrected chi connectivity index (χ2v) is 8.17. The molecule has 4 nitrogen and oxygen atoms in total. The maximum atomic E-state index is 6.08. The molecule has 2 heterocycles. The predicted molar refractivity (Wildman–Crippen MR) is 126 cm³/mol. The van der Waals surface area contributed by atoms with Crippen LogP contribution in [0.3, 0.4) is 0 Å². The summed E-state index contributed by atoms with van der Waals surface area (Å²) in [6, 6.07) is 16.0. The van der Waals surface area contributed by atoms with Gasteiger partial charge in [0.2, 0.25) is 0 Å². The van der Waals surface area contributed by atoms with Gasteiger partial charge in [0.1, 0.15) is 5.82 Å². The topological polar surface area (TPSA) is 40.0 Å². The number of allylic oxidation sites excluding steroid dienone is 1. The Morgan fingerprint density at radius 3 is 2.76 bits per heavy atom. The zero-order valence-electron chi connectivity index (χ0n) is 16.2. The molecule has 0 aromatic heterocycles. The van der Waals surface area contributed by atoms with Gasteiger partial charge in [-0.3, -0.25) is 4.99 Å². The highest BCUT2D eigenvalue weighted by atomic mass is 35.5. The summed E-state index contributed by atoms with van der Waals surface area (Å²) in [6.45, 7) is 8.09. The normalized spacial score (nSPS) is 15.4. The monoisotopic (exact) mass is 420 g/mol. The van der Waals surface area contributed by atoms with Crippen molar-refractivity contribution in [3.63, 3.8) is 0 Å². The lowest BCUT2D eigenvalue weighted by Gasteiger charge is -2.27. The van der Waals surface area contributed by atoms with Crippen molar-refractivity contribution < 1.29 is 0 Å². The van der Waals surface area contributed by atoms with Gasteiger partial charge in [0.25, 0.3) is 0 Å². The van der Waals surface area contributed by atoms with Crippen LogP contribution in [0.5, 0.6) is 0 Å². The lowest BCUT2D eigenvalue weighted by molar-refractivity contribution is 0.988. The molecule has 0 aliphatic carbocycles. The van der Waals surface area contributed by atoms with Gasteiger partial charge in [-0.1, -0.05) is 66.9 Å². The van der Waals surface area contributed by atoms with Gasteiger partial charge in [-0.05, 0) is 29.8 Å². The molecule has 0 bridgehead atoms. The van der Waals surface area contributed by atoms with Crippen LogP contribution < -0.4 is 10.2 Å². The van der Waals surface area contributed by atoms with Crippen LogP contribution in [0.25, 0.3) is 0 Å². The van der Waals surface area contributed by atoms with Crippen molar-refractivity contribution in [3.05, 3.63) is 95.4 Å². The number of anilines is 1. The molecule has 0 saturated carbocycles. The number of fused-ring (bicyclic) bond motifs is 1. The minimum atomic E-state index is 0.715. The van der Waals surface area contributed by atoms with Gasteiger partial charge in [-0.25, -0.2) is 4.99 Å². The molecule has 2 aliphatic heterocycles. The average Bonchev–Trinajstić information content (AvgIpc) is 3.14. The third-order valence-corrected chi connectivity index (χ3v) is 5.97. The Hall–Kier alpha value is -2.76. The van der Waals surface area contributed by atoms with E-state index in [-0.39, 0.29) is 0 Å². The number of hydrogen-bond acceptors (Lipinski definition) is 5. The number of halogens is 1. The van der Waals surface area contributed by atoms with Crippen molar-refractivity contribution in [1.29, 1.82) is 0 Å². The number of hydrogen-bond donors (Lipinski definition) is 1. The quantitative estimate of drug-likeness (QED) is 0.673. The molecule has 2 aromatic rings. The Kier molecular flexibility index (Phi) is 5.60. The van der Waals surface area contributed by atoms with Crippen LogP contribution in [0.1, 0.15) is 5.56 Å². The van der Waals surface area contributed by atoms with Gasteiger partial charge < -0.3 is 10.2 Å². The van der Waals surface area contributed by atoms with Crippen LogP contribution in [0.2, 0.25) is 5.02 Å². The van der Waals surface area contributed by atoms with Gasteiger partial charge in [0.15, 0.2) is 5.17 Å². The van der Waals surface area contributed by atoms with Crippen LogP contribution in [-0.2, 0) is 6.42 Å². The molecule has 0 fully saturated rings. The largest absolute Gasteiger partial charge is 0.335 e. The van der Waals surface area contributed by atoms with Crippen LogP contribution >= 0.6 is 23.4 Å². The number of rotatable bonds is 5. The Labute approximate surface area is 180 Å². The summed E-state index contributed by atoms with van der Waals surface area (Å²) >= 11 is 7.70. The van der Waals surface area contributed by atoms with Crippen molar-refractivity contribution >= 4 is 45.6 Å². The Morgan fingerprint density at radius 2 is 2.00 bits per heavy atom. The van der Waals surface area contributed by atoms with Crippen LogP contribution in [0, 0.1) is 0 Å². The molecule has 0 spiro atoms. The van der Waals surface area contributed by atoms with E-state index in [0.29, 0.717) is 5.02 Å². The lowest BCUT2D eigenvalue weighted by Crippen LogP contribution is -2.30. The predicted octanol–water partition coefficient (Wildman–Crippen LogP) is 5.71. The van der Waals surface area contributed by atoms with E-state index < -0.39 is 0 Å². The second kappa shape index (κ2) is 8.31. The molecular weight excluding hydrogens is 400 g/mol. The SMILES string of the molecule is C=CC1=C(N(C)c2ccccc2)N=C(SCC2=Nc3cc(Cl)ccc3C2)NC1=C. The molecule has 0 unspecified atom stereocenters. The molecule has 0 atom stereocenters. The fraction of sp³-hybridized carbons (Fsp3) is 0.130. The Balaban J connectivity index is 1.53. The third-order valence-electron chi connectivity index (χ3n) is 4.79.